The van der Waals surface area contributed by atoms with Gasteiger partial charge in [0, 0.05) is 19.6 Å². The van der Waals surface area contributed by atoms with Gasteiger partial charge in [0.1, 0.15) is 6.33 Å². The van der Waals surface area contributed by atoms with Gasteiger partial charge in [-0.05, 0) is 12.2 Å². The molecular weight excluding hydrogens is 216 g/mol. The Kier molecular flexibility index (Phi) is 5.48. The number of rotatable bonds is 7. The molecule has 1 heterocycles. The number of nitrogens with zero attached hydrogens (tertiary/aromatic N) is 3. The summed E-state index contributed by atoms with van der Waals surface area (Å²) in [4.78, 5) is 5.85. The molecule has 15 heavy (non-hydrogen) atoms. The summed E-state index contributed by atoms with van der Waals surface area (Å²) in [5.41, 5.74) is 0. The molecule has 6 nitrogen and oxygen atoms in total. The highest BCUT2D eigenvalue weighted by molar-refractivity contribution is 7.71. The molecule has 0 radical (unpaired) electrons. The zero-order valence-corrected chi connectivity index (χ0v) is 9.28. The summed E-state index contributed by atoms with van der Waals surface area (Å²) in [5.74, 6) is 0. The number of hydrogen-bond donors (Lipinski definition) is 3. The summed E-state index contributed by atoms with van der Waals surface area (Å²) < 4.78 is 2.26. The normalized spacial score (nSPS) is 11.1. The zero-order valence-electron chi connectivity index (χ0n) is 8.46. The summed E-state index contributed by atoms with van der Waals surface area (Å²) >= 11 is 4.97. The van der Waals surface area contributed by atoms with Crippen molar-refractivity contribution in [2.75, 3.05) is 32.8 Å². The van der Waals surface area contributed by atoms with Crippen LogP contribution < -0.4 is 0 Å². The van der Waals surface area contributed by atoms with Crippen LogP contribution in [-0.2, 0) is 6.54 Å². The van der Waals surface area contributed by atoms with Crippen molar-refractivity contribution in [3.05, 3.63) is 11.1 Å². The van der Waals surface area contributed by atoms with E-state index in [0.29, 0.717) is 24.4 Å². The molecule has 0 saturated carbocycles. The average molecular weight is 232 g/mol. The lowest BCUT2D eigenvalue weighted by Gasteiger charge is -2.19. The predicted octanol–water partition coefficient (Wildman–Crippen LogP) is -0.773. The van der Waals surface area contributed by atoms with Crippen molar-refractivity contribution in [2.45, 2.75) is 6.54 Å². The van der Waals surface area contributed by atoms with Crippen molar-refractivity contribution in [3.8, 4) is 0 Å². The van der Waals surface area contributed by atoms with Crippen molar-refractivity contribution in [1.82, 2.24) is 19.7 Å². The second kappa shape index (κ2) is 6.67. The Morgan fingerprint density at radius 2 is 2.00 bits per heavy atom. The first-order chi connectivity index (χ1) is 7.27. The Balaban J connectivity index is 2.39. The fraction of sp³-hybridized carbons (Fsp3) is 0.750. The van der Waals surface area contributed by atoms with Crippen LogP contribution >= 0.6 is 12.2 Å². The third-order valence-corrected chi connectivity index (χ3v) is 2.42. The maximum atomic E-state index is 8.80. The summed E-state index contributed by atoms with van der Waals surface area (Å²) in [6, 6.07) is 0. The van der Waals surface area contributed by atoms with E-state index < -0.39 is 0 Å². The smallest absolute Gasteiger partial charge is 0.215 e. The van der Waals surface area contributed by atoms with Gasteiger partial charge in [0.2, 0.25) is 4.77 Å². The third kappa shape index (κ3) is 4.08. The van der Waals surface area contributed by atoms with Gasteiger partial charge in [0.25, 0.3) is 0 Å². The van der Waals surface area contributed by atoms with Crippen LogP contribution in [0.5, 0.6) is 0 Å². The Labute approximate surface area is 93.2 Å². The highest BCUT2D eigenvalue weighted by Gasteiger charge is 2.03. The van der Waals surface area contributed by atoms with E-state index in [2.05, 4.69) is 10.1 Å². The van der Waals surface area contributed by atoms with E-state index >= 15 is 0 Å². The quantitative estimate of drug-likeness (QED) is 0.538. The van der Waals surface area contributed by atoms with Crippen LogP contribution in [0, 0.1) is 4.77 Å². The second-order valence-corrected chi connectivity index (χ2v) is 3.48. The minimum absolute atomic E-state index is 0.0916. The van der Waals surface area contributed by atoms with Gasteiger partial charge in [-0.1, -0.05) is 0 Å². The van der Waals surface area contributed by atoms with Crippen LogP contribution in [0.15, 0.2) is 6.33 Å². The Morgan fingerprint density at radius 3 is 2.47 bits per heavy atom. The molecule has 0 aliphatic heterocycles. The van der Waals surface area contributed by atoms with E-state index in [0.717, 1.165) is 6.54 Å². The van der Waals surface area contributed by atoms with E-state index in [4.69, 9.17) is 22.4 Å². The lowest BCUT2D eigenvalue weighted by molar-refractivity contribution is 0.156. The molecule has 1 aromatic heterocycles. The van der Waals surface area contributed by atoms with Crippen molar-refractivity contribution < 1.29 is 10.2 Å². The van der Waals surface area contributed by atoms with Gasteiger partial charge in [0.05, 0.1) is 19.8 Å². The van der Waals surface area contributed by atoms with Crippen LogP contribution in [0.4, 0.5) is 0 Å². The zero-order chi connectivity index (χ0) is 11.1. The van der Waals surface area contributed by atoms with Crippen molar-refractivity contribution in [2.24, 2.45) is 0 Å². The predicted molar refractivity (Wildman–Crippen MR) is 58.0 cm³/mol. The molecule has 0 bridgehead atoms. The summed E-state index contributed by atoms with van der Waals surface area (Å²) in [6.45, 7) is 2.70. The largest absolute Gasteiger partial charge is 0.395 e. The molecule has 3 N–H and O–H groups in total. The first kappa shape index (κ1) is 12.3. The average Bonchev–Trinajstić information content (AvgIpc) is 2.61. The van der Waals surface area contributed by atoms with E-state index in [1.54, 1.807) is 11.0 Å². The maximum Gasteiger partial charge on any atom is 0.215 e. The monoisotopic (exact) mass is 232 g/mol. The highest BCUT2D eigenvalue weighted by Crippen LogP contribution is 1.91. The number of aliphatic hydroxyl groups excluding tert-OH is 2. The number of H-pyrrole nitrogens is 1. The number of aromatic nitrogens is 3. The SMILES string of the molecule is OCCN(CCO)CCn1[nH]cnc1=S. The first-order valence-electron chi connectivity index (χ1n) is 4.82. The van der Waals surface area contributed by atoms with Crippen LogP contribution in [0.25, 0.3) is 0 Å². The Bertz CT molecular complexity index is 318. The molecule has 86 valence electrons. The van der Waals surface area contributed by atoms with Gasteiger partial charge in [-0.25, -0.2) is 4.98 Å². The van der Waals surface area contributed by atoms with Gasteiger partial charge in [0.15, 0.2) is 0 Å². The molecule has 0 unspecified atom stereocenters. The summed E-state index contributed by atoms with van der Waals surface area (Å²) in [7, 11) is 0. The molecule has 0 aromatic carbocycles. The van der Waals surface area contributed by atoms with E-state index in [1.165, 1.54) is 0 Å². The van der Waals surface area contributed by atoms with Crippen LogP contribution in [0.3, 0.4) is 0 Å². The molecule has 0 amide bonds. The molecule has 0 spiro atoms. The summed E-state index contributed by atoms with van der Waals surface area (Å²) in [6.07, 6.45) is 1.55. The molecule has 1 rings (SSSR count). The van der Waals surface area contributed by atoms with E-state index in [1.807, 2.05) is 4.90 Å². The lowest BCUT2D eigenvalue weighted by atomic mass is 10.4. The van der Waals surface area contributed by atoms with Crippen molar-refractivity contribution >= 4 is 12.2 Å². The second-order valence-electron chi connectivity index (χ2n) is 3.11. The van der Waals surface area contributed by atoms with E-state index in [9.17, 15) is 0 Å². The molecule has 0 saturated heterocycles. The number of hydrogen-bond acceptors (Lipinski definition) is 5. The number of aliphatic hydroxyl groups is 2. The highest BCUT2D eigenvalue weighted by atomic mass is 32.1. The molecule has 0 aliphatic carbocycles. The number of nitrogens with one attached hydrogen (secondary N) is 1. The molecule has 0 fully saturated rings. The van der Waals surface area contributed by atoms with Crippen LogP contribution in [-0.4, -0.2) is 62.7 Å². The molecule has 0 aliphatic rings. The minimum atomic E-state index is 0.0916. The standard InChI is InChI=1S/C8H16N4O2S/c13-5-3-11(4-6-14)1-2-12-8(15)9-7-10-12/h7,13-14H,1-6H2,(H,9,10,15). The number of aromatic amines is 1. The lowest BCUT2D eigenvalue weighted by Crippen LogP contribution is -2.33. The van der Waals surface area contributed by atoms with Crippen molar-refractivity contribution in [1.29, 1.82) is 0 Å². The fourth-order valence-electron chi connectivity index (χ4n) is 1.30. The van der Waals surface area contributed by atoms with E-state index in [-0.39, 0.29) is 13.2 Å². The topological polar surface area (TPSA) is 77.3 Å². The Hall–Kier alpha value is -0.760. The third-order valence-electron chi connectivity index (χ3n) is 2.09. The van der Waals surface area contributed by atoms with Crippen LogP contribution in [0.2, 0.25) is 0 Å². The fourth-order valence-corrected chi connectivity index (χ4v) is 1.50. The van der Waals surface area contributed by atoms with Gasteiger partial charge in [-0.3, -0.25) is 14.7 Å². The minimum Gasteiger partial charge on any atom is -0.395 e. The molecular formula is C8H16N4O2S. The van der Waals surface area contributed by atoms with Gasteiger partial charge >= 0.3 is 0 Å². The molecule has 0 atom stereocenters. The van der Waals surface area contributed by atoms with Crippen molar-refractivity contribution in [3.63, 3.8) is 0 Å². The van der Waals surface area contributed by atoms with Gasteiger partial charge < -0.3 is 10.2 Å². The summed E-state index contributed by atoms with van der Waals surface area (Å²) in [5, 5.41) is 20.5. The first-order valence-corrected chi connectivity index (χ1v) is 5.23. The molecule has 1 aromatic rings. The maximum absolute atomic E-state index is 8.80. The molecule has 7 heteroatoms. The van der Waals surface area contributed by atoms with Gasteiger partial charge in [-0.2, -0.15) is 0 Å². The van der Waals surface area contributed by atoms with Crippen LogP contribution in [0.1, 0.15) is 0 Å². The Morgan fingerprint density at radius 1 is 1.33 bits per heavy atom. The van der Waals surface area contributed by atoms with Gasteiger partial charge in [-0.15, -0.1) is 0 Å².